The zero-order valence-corrected chi connectivity index (χ0v) is 15.3. The van der Waals surface area contributed by atoms with Crippen molar-refractivity contribution in [1.82, 2.24) is 0 Å². The van der Waals surface area contributed by atoms with E-state index in [0.717, 1.165) is 22.6 Å². The summed E-state index contributed by atoms with van der Waals surface area (Å²) in [6, 6.07) is 26.7. The molecular weight excluding hydrogens is 364 g/mol. The lowest BCUT2D eigenvalue weighted by Gasteiger charge is -2.30. The maximum absolute atomic E-state index is 5.29. The van der Waals surface area contributed by atoms with Crippen molar-refractivity contribution < 1.29 is 9.47 Å². The maximum atomic E-state index is 5.29. The Hall–Kier alpha value is -2.26. The molecule has 0 aromatic heterocycles. The first kappa shape index (κ1) is 16.6. The average Bonchev–Trinajstić information content (AvgIpc) is 2.68. The van der Waals surface area contributed by atoms with Crippen LogP contribution in [0.1, 0.15) is 16.7 Å². The molecule has 0 unspecified atom stereocenters. The van der Waals surface area contributed by atoms with E-state index in [0.29, 0.717) is 0 Å². The monoisotopic (exact) mass is 382 g/mol. The van der Waals surface area contributed by atoms with Crippen LogP contribution in [-0.4, -0.2) is 14.2 Å². The second-order valence-corrected chi connectivity index (χ2v) is 6.67. The highest BCUT2D eigenvalue weighted by Crippen LogP contribution is 2.45. The first-order valence-electron chi connectivity index (χ1n) is 7.72. The summed E-state index contributed by atoms with van der Waals surface area (Å²) in [6.45, 7) is 0. The molecule has 0 saturated carbocycles. The van der Waals surface area contributed by atoms with Gasteiger partial charge in [0.1, 0.15) is 15.8 Å². The van der Waals surface area contributed by atoms with Crippen molar-refractivity contribution in [3.05, 3.63) is 95.6 Å². The molecule has 122 valence electrons. The Kier molecular flexibility index (Phi) is 4.91. The molecule has 0 saturated heterocycles. The summed E-state index contributed by atoms with van der Waals surface area (Å²) in [7, 11) is 3.36. The minimum absolute atomic E-state index is 0.438. The molecule has 0 aliphatic carbocycles. The topological polar surface area (TPSA) is 18.5 Å². The van der Waals surface area contributed by atoms with Crippen molar-refractivity contribution in [1.29, 1.82) is 0 Å². The first-order valence-corrected chi connectivity index (χ1v) is 8.51. The lowest BCUT2D eigenvalue weighted by molar-refractivity contribution is 0.414. The van der Waals surface area contributed by atoms with Crippen molar-refractivity contribution in [3.63, 3.8) is 0 Å². The van der Waals surface area contributed by atoms with Gasteiger partial charge in [-0.25, -0.2) is 0 Å². The van der Waals surface area contributed by atoms with Crippen LogP contribution < -0.4 is 9.47 Å². The zero-order valence-electron chi connectivity index (χ0n) is 13.7. The van der Waals surface area contributed by atoms with E-state index in [4.69, 9.17) is 9.47 Å². The van der Waals surface area contributed by atoms with Gasteiger partial charge in [0.15, 0.2) is 0 Å². The van der Waals surface area contributed by atoms with Gasteiger partial charge in [-0.15, -0.1) is 0 Å². The molecule has 0 aliphatic rings. The van der Waals surface area contributed by atoms with Crippen LogP contribution in [0.3, 0.4) is 0 Å². The number of rotatable bonds is 5. The van der Waals surface area contributed by atoms with E-state index in [9.17, 15) is 0 Å². The molecule has 2 nitrogen and oxygen atoms in total. The Labute approximate surface area is 151 Å². The number of methoxy groups -OCH3 is 2. The molecule has 0 amide bonds. The minimum Gasteiger partial charge on any atom is -0.497 e. The second kappa shape index (κ2) is 7.10. The molecule has 24 heavy (non-hydrogen) atoms. The van der Waals surface area contributed by atoms with Crippen molar-refractivity contribution in [2.75, 3.05) is 14.2 Å². The Morgan fingerprint density at radius 2 is 0.958 bits per heavy atom. The summed E-state index contributed by atoms with van der Waals surface area (Å²) in [6.07, 6.45) is 0. The van der Waals surface area contributed by atoms with Crippen molar-refractivity contribution in [2.45, 2.75) is 4.32 Å². The summed E-state index contributed by atoms with van der Waals surface area (Å²) in [5.74, 6) is 1.69. The van der Waals surface area contributed by atoms with Crippen LogP contribution in [-0.2, 0) is 4.32 Å². The summed E-state index contributed by atoms with van der Waals surface area (Å²) >= 11 is 4.02. The summed E-state index contributed by atoms with van der Waals surface area (Å²) < 4.78 is 10.1. The maximum Gasteiger partial charge on any atom is 0.118 e. The van der Waals surface area contributed by atoms with Crippen molar-refractivity contribution in [3.8, 4) is 11.5 Å². The predicted octanol–water partition coefficient (Wildman–Crippen LogP) is 5.39. The van der Waals surface area contributed by atoms with Crippen LogP contribution in [0.25, 0.3) is 0 Å². The molecular formula is C21H19BrO2. The van der Waals surface area contributed by atoms with Crippen LogP contribution in [0.5, 0.6) is 11.5 Å². The van der Waals surface area contributed by atoms with Gasteiger partial charge >= 0.3 is 0 Å². The molecule has 3 aromatic rings. The van der Waals surface area contributed by atoms with E-state index in [-0.39, 0.29) is 0 Å². The molecule has 3 heteroatoms. The molecule has 0 bridgehead atoms. The Morgan fingerprint density at radius 1 is 0.583 bits per heavy atom. The number of alkyl halides is 1. The fourth-order valence-corrected chi connectivity index (χ4v) is 3.60. The van der Waals surface area contributed by atoms with Crippen molar-refractivity contribution >= 4 is 15.9 Å². The highest BCUT2D eigenvalue weighted by atomic mass is 79.9. The largest absolute Gasteiger partial charge is 0.497 e. The number of hydrogen-bond acceptors (Lipinski definition) is 2. The van der Waals surface area contributed by atoms with Gasteiger partial charge in [-0.1, -0.05) is 70.5 Å². The highest BCUT2D eigenvalue weighted by molar-refractivity contribution is 9.10. The van der Waals surface area contributed by atoms with Crippen LogP contribution in [0.15, 0.2) is 78.9 Å². The van der Waals surface area contributed by atoms with E-state index in [1.807, 2.05) is 30.3 Å². The number of hydrogen-bond donors (Lipinski definition) is 0. The highest BCUT2D eigenvalue weighted by Gasteiger charge is 2.33. The zero-order chi connectivity index (χ0) is 17.0. The predicted molar refractivity (Wildman–Crippen MR) is 101 cm³/mol. The van der Waals surface area contributed by atoms with Gasteiger partial charge in [-0.05, 0) is 41.0 Å². The minimum atomic E-state index is -0.438. The molecule has 0 aliphatic heterocycles. The molecule has 0 spiro atoms. The number of ether oxygens (including phenoxy) is 2. The Bertz CT molecular complexity index is 733. The summed E-state index contributed by atoms with van der Waals surface area (Å²) in [4.78, 5) is 0. The van der Waals surface area contributed by atoms with Gasteiger partial charge in [0.25, 0.3) is 0 Å². The van der Waals surface area contributed by atoms with Crippen LogP contribution in [0, 0.1) is 0 Å². The molecule has 0 heterocycles. The van der Waals surface area contributed by atoms with E-state index in [1.54, 1.807) is 14.2 Å². The standard InChI is InChI=1S/C21H19BrO2/c1-23-19-12-8-17(9-13-19)21(22,16-6-4-3-5-7-16)18-10-14-20(24-2)15-11-18/h3-15H,1-2H3. The molecule has 0 fully saturated rings. The fraction of sp³-hybridized carbons (Fsp3) is 0.143. The van der Waals surface area contributed by atoms with Crippen molar-refractivity contribution in [2.24, 2.45) is 0 Å². The summed E-state index contributed by atoms with van der Waals surface area (Å²) in [5.41, 5.74) is 3.44. The Morgan fingerprint density at radius 3 is 1.33 bits per heavy atom. The van der Waals surface area contributed by atoms with Gasteiger partial charge in [-0.2, -0.15) is 0 Å². The lowest BCUT2D eigenvalue weighted by Crippen LogP contribution is -2.21. The third kappa shape index (κ3) is 3.04. The van der Waals surface area contributed by atoms with E-state index in [1.165, 1.54) is 5.56 Å². The smallest absolute Gasteiger partial charge is 0.118 e. The van der Waals surface area contributed by atoms with Gasteiger partial charge in [-0.3, -0.25) is 0 Å². The molecule has 3 rings (SSSR count). The number of halogens is 1. The normalized spacial score (nSPS) is 11.1. The van der Waals surface area contributed by atoms with Gasteiger partial charge in [0.05, 0.1) is 14.2 Å². The van der Waals surface area contributed by atoms with Crippen LogP contribution in [0.2, 0.25) is 0 Å². The van der Waals surface area contributed by atoms with E-state index >= 15 is 0 Å². The quantitative estimate of drug-likeness (QED) is 0.434. The SMILES string of the molecule is COc1ccc(C(Br)(c2ccccc2)c2ccc(OC)cc2)cc1. The van der Waals surface area contributed by atoms with Gasteiger partial charge in [0.2, 0.25) is 0 Å². The van der Waals surface area contributed by atoms with E-state index in [2.05, 4.69) is 64.5 Å². The van der Waals surface area contributed by atoms with Crippen LogP contribution >= 0.6 is 15.9 Å². The first-order chi connectivity index (χ1) is 11.7. The number of benzene rings is 3. The van der Waals surface area contributed by atoms with Gasteiger partial charge in [0, 0.05) is 0 Å². The van der Waals surface area contributed by atoms with Crippen LogP contribution in [0.4, 0.5) is 0 Å². The van der Waals surface area contributed by atoms with E-state index < -0.39 is 4.32 Å². The third-order valence-electron chi connectivity index (χ3n) is 4.15. The molecule has 0 atom stereocenters. The Balaban J connectivity index is 2.16. The molecule has 0 N–H and O–H groups in total. The average molecular weight is 383 g/mol. The fourth-order valence-electron chi connectivity index (χ4n) is 2.81. The molecule has 3 aromatic carbocycles. The molecule has 0 radical (unpaired) electrons. The second-order valence-electron chi connectivity index (χ2n) is 5.48. The third-order valence-corrected chi connectivity index (χ3v) is 5.52. The summed E-state index contributed by atoms with van der Waals surface area (Å²) in [5, 5.41) is 0. The lowest BCUT2D eigenvalue weighted by atomic mass is 9.85. The van der Waals surface area contributed by atoms with Gasteiger partial charge < -0.3 is 9.47 Å².